The Morgan fingerprint density at radius 3 is 2.60 bits per heavy atom. The van der Waals surface area contributed by atoms with Crippen molar-refractivity contribution in [3.05, 3.63) is 0 Å². The first-order valence-electron chi connectivity index (χ1n) is 3.67. The minimum absolute atomic E-state index is 0.237. The summed E-state index contributed by atoms with van der Waals surface area (Å²) in [7, 11) is 0. The summed E-state index contributed by atoms with van der Waals surface area (Å²) < 4.78 is 0. The van der Waals surface area contributed by atoms with E-state index in [0.717, 1.165) is 32.2 Å². The first kappa shape index (κ1) is 9.59. The van der Waals surface area contributed by atoms with Crippen molar-refractivity contribution in [3.8, 4) is 0 Å². The molecule has 0 amide bonds. The van der Waals surface area contributed by atoms with Crippen LogP contribution in [0, 0.1) is 0 Å². The van der Waals surface area contributed by atoms with E-state index in [9.17, 15) is 4.79 Å². The van der Waals surface area contributed by atoms with Gasteiger partial charge in [-0.3, -0.25) is 0 Å². The number of hydrogen-bond donors (Lipinski definition) is 2. The fourth-order valence-electron chi connectivity index (χ4n) is 0.639. The third kappa shape index (κ3) is 7.59. The smallest absolute Gasteiger partial charge is 0.120 e. The molecule has 0 aromatic rings. The molecule has 0 bridgehead atoms. The van der Waals surface area contributed by atoms with Crippen LogP contribution in [0.4, 0.5) is 0 Å². The topological polar surface area (TPSA) is 49.3 Å². The number of aliphatic hydroxyl groups is 1. The van der Waals surface area contributed by atoms with Crippen LogP contribution >= 0.6 is 0 Å². The highest BCUT2D eigenvalue weighted by atomic mass is 16.3. The summed E-state index contributed by atoms with van der Waals surface area (Å²) in [6, 6.07) is 0. The Bertz CT molecular complexity index is 76.0. The molecule has 2 N–H and O–H groups in total. The van der Waals surface area contributed by atoms with Gasteiger partial charge in [0.05, 0.1) is 0 Å². The van der Waals surface area contributed by atoms with E-state index in [1.807, 2.05) is 0 Å². The molecule has 0 unspecified atom stereocenters. The Kier molecular flexibility index (Phi) is 8.24. The number of unbranched alkanes of at least 4 members (excludes halogenated alkanes) is 1. The Labute approximate surface area is 61.4 Å². The molecule has 0 rings (SSSR count). The number of nitrogens with one attached hydrogen (secondary N) is 1. The van der Waals surface area contributed by atoms with E-state index in [4.69, 9.17) is 5.11 Å². The summed E-state index contributed by atoms with van der Waals surface area (Å²) in [5.41, 5.74) is 0. The quantitative estimate of drug-likeness (QED) is 0.389. The minimum Gasteiger partial charge on any atom is -0.396 e. The fourth-order valence-corrected chi connectivity index (χ4v) is 0.639. The van der Waals surface area contributed by atoms with Gasteiger partial charge in [0.15, 0.2) is 0 Å². The maximum Gasteiger partial charge on any atom is 0.120 e. The van der Waals surface area contributed by atoms with E-state index >= 15 is 0 Å². The Hall–Kier alpha value is -0.410. The van der Waals surface area contributed by atoms with Gasteiger partial charge in [-0.2, -0.15) is 0 Å². The SMILES string of the molecule is O=CCCCNCCCO. The highest BCUT2D eigenvalue weighted by Gasteiger charge is 1.85. The average Bonchev–Trinajstić information content (AvgIpc) is 1.97. The van der Waals surface area contributed by atoms with Crippen molar-refractivity contribution in [2.75, 3.05) is 19.7 Å². The highest BCUT2D eigenvalue weighted by molar-refractivity contribution is 5.48. The molecule has 0 atom stereocenters. The highest BCUT2D eigenvalue weighted by Crippen LogP contribution is 1.80. The van der Waals surface area contributed by atoms with Crippen LogP contribution < -0.4 is 5.32 Å². The molecule has 0 saturated heterocycles. The second-order valence-electron chi connectivity index (χ2n) is 2.14. The lowest BCUT2D eigenvalue weighted by Gasteiger charge is -1.99. The van der Waals surface area contributed by atoms with Gasteiger partial charge in [-0.15, -0.1) is 0 Å². The summed E-state index contributed by atoms with van der Waals surface area (Å²) in [6.07, 6.45) is 3.25. The molecule has 10 heavy (non-hydrogen) atoms. The summed E-state index contributed by atoms with van der Waals surface area (Å²) in [5, 5.41) is 11.5. The molecule has 3 nitrogen and oxygen atoms in total. The fraction of sp³-hybridized carbons (Fsp3) is 0.857. The third-order valence-corrected chi connectivity index (χ3v) is 1.19. The second kappa shape index (κ2) is 8.59. The van der Waals surface area contributed by atoms with Gasteiger partial charge in [0, 0.05) is 13.0 Å². The van der Waals surface area contributed by atoms with E-state index in [1.54, 1.807) is 0 Å². The molecule has 0 aliphatic heterocycles. The van der Waals surface area contributed by atoms with E-state index in [1.165, 1.54) is 0 Å². The van der Waals surface area contributed by atoms with Crippen LogP contribution in [-0.2, 0) is 4.79 Å². The maximum atomic E-state index is 9.83. The molecule has 0 aromatic carbocycles. The van der Waals surface area contributed by atoms with Crippen molar-refractivity contribution >= 4 is 6.29 Å². The number of hydrogen-bond acceptors (Lipinski definition) is 3. The van der Waals surface area contributed by atoms with Crippen LogP contribution in [-0.4, -0.2) is 31.1 Å². The molecule has 0 aromatic heterocycles. The van der Waals surface area contributed by atoms with Gasteiger partial charge >= 0.3 is 0 Å². The van der Waals surface area contributed by atoms with Gasteiger partial charge in [0.25, 0.3) is 0 Å². The molecule has 0 radical (unpaired) electrons. The average molecular weight is 145 g/mol. The normalized spacial score (nSPS) is 9.70. The molecule has 0 saturated carbocycles. The Morgan fingerprint density at radius 2 is 2.00 bits per heavy atom. The Morgan fingerprint density at radius 1 is 1.30 bits per heavy atom. The molecule has 0 aliphatic rings. The standard InChI is InChI=1S/C7H15NO2/c9-6-2-1-4-8-5-3-7-10/h6,8,10H,1-5,7H2. The van der Waals surface area contributed by atoms with E-state index in [-0.39, 0.29) is 6.61 Å². The van der Waals surface area contributed by atoms with Gasteiger partial charge in [0.2, 0.25) is 0 Å². The number of carbonyl (C=O) groups is 1. The Balaban J connectivity index is 2.70. The van der Waals surface area contributed by atoms with E-state index in [0.29, 0.717) is 6.42 Å². The molecule has 0 spiro atoms. The van der Waals surface area contributed by atoms with E-state index in [2.05, 4.69) is 5.32 Å². The molecular formula is C7H15NO2. The van der Waals surface area contributed by atoms with Gasteiger partial charge in [-0.05, 0) is 25.9 Å². The first-order chi connectivity index (χ1) is 4.91. The largest absolute Gasteiger partial charge is 0.396 e. The van der Waals surface area contributed by atoms with Crippen molar-refractivity contribution in [2.24, 2.45) is 0 Å². The van der Waals surface area contributed by atoms with Crippen LogP contribution in [0.15, 0.2) is 0 Å². The zero-order valence-corrected chi connectivity index (χ0v) is 6.18. The van der Waals surface area contributed by atoms with E-state index < -0.39 is 0 Å². The van der Waals surface area contributed by atoms with Crippen LogP contribution in [0.3, 0.4) is 0 Å². The lowest BCUT2D eigenvalue weighted by atomic mass is 10.3. The van der Waals surface area contributed by atoms with Crippen molar-refractivity contribution < 1.29 is 9.90 Å². The predicted molar refractivity (Wildman–Crippen MR) is 39.9 cm³/mol. The van der Waals surface area contributed by atoms with Crippen molar-refractivity contribution in [1.29, 1.82) is 0 Å². The minimum atomic E-state index is 0.237. The lowest BCUT2D eigenvalue weighted by molar-refractivity contribution is -0.107. The van der Waals surface area contributed by atoms with Crippen LogP contribution in [0.5, 0.6) is 0 Å². The van der Waals surface area contributed by atoms with Crippen LogP contribution in [0.25, 0.3) is 0 Å². The summed E-state index contributed by atoms with van der Waals surface area (Å²) in [5.74, 6) is 0. The van der Waals surface area contributed by atoms with Gasteiger partial charge in [-0.1, -0.05) is 0 Å². The second-order valence-corrected chi connectivity index (χ2v) is 2.14. The molecule has 0 fully saturated rings. The lowest BCUT2D eigenvalue weighted by Crippen LogP contribution is -2.17. The number of carbonyl (C=O) groups excluding carboxylic acids is 1. The third-order valence-electron chi connectivity index (χ3n) is 1.19. The van der Waals surface area contributed by atoms with Crippen molar-refractivity contribution in [1.82, 2.24) is 5.32 Å². The van der Waals surface area contributed by atoms with Crippen molar-refractivity contribution in [3.63, 3.8) is 0 Å². The molecule has 0 aliphatic carbocycles. The zero-order chi connectivity index (χ0) is 7.66. The molecule has 0 heterocycles. The molecule has 3 heteroatoms. The first-order valence-corrected chi connectivity index (χ1v) is 3.67. The monoisotopic (exact) mass is 145 g/mol. The zero-order valence-electron chi connectivity index (χ0n) is 6.18. The number of aliphatic hydroxyl groups excluding tert-OH is 1. The summed E-state index contributed by atoms with van der Waals surface area (Å²) in [4.78, 5) is 9.83. The van der Waals surface area contributed by atoms with Crippen LogP contribution in [0.2, 0.25) is 0 Å². The predicted octanol–water partition coefficient (Wildman–Crippen LogP) is -0.0625. The summed E-state index contributed by atoms with van der Waals surface area (Å²) in [6.45, 7) is 1.95. The van der Waals surface area contributed by atoms with Crippen LogP contribution in [0.1, 0.15) is 19.3 Å². The molecule has 60 valence electrons. The van der Waals surface area contributed by atoms with Gasteiger partial charge in [-0.25, -0.2) is 0 Å². The van der Waals surface area contributed by atoms with Gasteiger partial charge in [0.1, 0.15) is 6.29 Å². The molecular weight excluding hydrogens is 130 g/mol. The summed E-state index contributed by atoms with van der Waals surface area (Å²) >= 11 is 0. The number of rotatable bonds is 7. The number of aldehydes is 1. The van der Waals surface area contributed by atoms with Gasteiger partial charge < -0.3 is 15.2 Å². The van der Waals surface area contributed by atoms with Crippen molar-refractivity contribution in [2.45, 2.75) is 19.3 Å². The maximum absolute atomic E-state index is 9.83.